The van der Waals surface area contributed by atoms with Crippen LogP contribution in [-0.4, -0.2) is 30.4 Å². The lowest BCUT2D eigenvalue weighted by Gasteiger charge is -2.43. The van der Waals surface area contributed by atoms with Crippen molar-refractivity contribution in [2.75, 3.05) is 24.5 Å². The first-order chi connectivity index (χ1) is 14.5. The fraction of sp³-hybridized carbons (Fsp3) is 0.174. The van der Waals surface area contributed by atoms with Crippen molar-refractivity contribution in [2.45, 2.75) is 6.04 Å². The predicted octanol–water partition coefficient (Wildman–Crippen LogP) is 6.81. The van der Waals surface area contributed by atoms with Gasteiger partial charge in [0.2, 0.25) is 5.91 Å². The molecule has 0 N–H and O–H groups in total. The second kappa shape index (κ2) is 9.44. The average molecular weight is 478 g/mol. The van der Waals surface area contributed by atoms with Gasteiger partial charge in [-0.3, -0.25) is 4.79 Å². The van der Waals surface area contributed by atoms with Gasteiger partial charge in [-0.2, -0.15) is 0 Å². The number of carbonyl (C=O) groups excluding carboxylic acids is 1. The molecule has 154 valence electrons. The Hall–Kier alpha value is -1.98. The lowest BCUT2D eigenvalue weighted by Crippen LogP contribution is -2.50. The molecule has 3 nitrogen and oxygen atoms in total. The molecule has 2 aromatic carbocycles. The molecular formula is C23H19Cl3N2OS. The van der Waals surface area contributed by atoms with Crippen molar-refractivity contribution < 1.29 is 4.79 Å². The number of thiophene rings is 1. The second-order valence-corrected chi connectivity index (χ2v) is 9.25. The third-order valence-corrected chi connectivity index (χ3v) is 6.73. The standard InChI is InChI=1S/C23H19Cl3N2OS/c24-17-5-3-16(4-6-17)22-15-27(23(29)10-8-19-2-1-13-30-19)11-12-28(22)21-9-7-18(25)14-20(21)26/h1-10,13-14,22H,11-12,15H2/b10-8+. The summed E-state index contributed by atoms with van der Waals surface area (Å²) < 4.78 is 0. The van der Waals surface area contributed by atoms with Gasteiger partial charge in [0.05, 0.1) is 16.8 Å². The predicted molar refractivity (Wildman–Crippen MR) is 128 cm³/mol. The number of anilines is 1. The highest BCUT2D eigenvalue weighted by molar-refractivity contribution is 7.10. The Kier molecular flexibility index (Phi) is 6.69. The molecule has 1 aromatic heterocycles. The van der Waals surface area contributed by atoms with E-state index in [4.69, 9.17) is 34.8 Å². The highest BCUT2D eigenvalue weighted by Crippen LogP contribution is 2.36. The van der Waals surface area contributed by atoms with Crippen LogP contribution >= 0.6 is 46.1 Å². The number of carbonyl (C=O) groups is 1. The van der Waals surface area contributed by atoms with Crippen molar-refractivity contribution in [3.63, 3.8) is 0 Å². The summed E-state index contributed by atoms with van der Waals surface area (Å²) in [6.07, 6.45) is 3.52. The quantitative estimate of drug-likeness (QED) is 0.385. The Balaban J connectivity index is 1.61. The Labute approximate surface area is 195 Å². The summed E-state index contributed by atoms with van der Waals surface area (Å²) in [7, 11) is 0. The summed E-state index contributed by atoms with van der Waals surface area (Å²) in [6, 6.07) is 17.2. The van der Waals surface area contributed by atoms with E-state index >= 15 is 0 Å². The molecule has 0 saturated carbocycles. The summed E-state index contributed by atoms with van der Waals surface area (Å²) in [5.74, 6) is 0.00390. The van der Waals surface area contributed by atoms with Gasteiger partial charge in [-0.05, 0) is 53.4 Å². The molecule has 0 spiro atoms. The van der Waals surface area contributed by atoms with E-state index in [0.29, 0.717) is 34.7 Å². The molecule has 1 unspecified atom stereocenters. The molecule has 1 aliphatic heterocycles. The van der Waals surface area contributed by atoms with E-state index < -0.39 is 0 Å². The number of halogens is 3. The first-order valence-electron chi connectivity index (χ1n) is 9.49. The van der Waals surface area contributed by atoms with E-state index in [2.05, 4.69) is 4.90 Å². The first-order valence-corrected chi connectivity index (χ1v) is 11.5. The van der Waals surface area contributed by atoms with Crippen molar-refractivity contribution in [3.05, 3.63) is 91.6 Å². The van der Waals surface area contributed by atoms with Gasteiger partial charge in [0.1, 0.15) is 0 Å². The molecule has 1 saturated heterocycles. The molecule has 0 radical (unpaired) electrons. The zero-order chi connectivity index (χ0) is 21.1. The topological polar surface area (TPSA) is 23.6 Å². The van der Waals surface area contributed by atoms with E-state index in [1.807, 2.05) is 64.9 Å². The largest absolute Gasteiger partial charge is 0.360 e. The molecule has 1 amide bonds. The molecule has 3 aromatic rings. The van der Waals surface area contributed by atoms with Crippen molar-refractivity contribution in [1.82, 2.24) is 4.90 Å². The second-order valence-electron chi connectivity index (χ2n) is 6.99. The number of hydrogen-bond acceptors (Lipinski definition) is 3. The minimum atomic E-state index is -0.0474. The summed E-state index contributed by atoms with van der Waals surface area (Å²) in [4.78, 5) is 18.0. The Morgan fingerprint density at radius 3 is 2.47 bits per heavy atom. The van der Waals surface area contributed by atoms with E-state index in [0.717, 1.165) is 16.1 Å². The van der Waals surface area contributed by atoms with Crippen LogP contribution in [0.5, 0.6) is 0 Å². The number of amides is 1. The number of piperazine rings is 1. The van der Waals surface area contributed by atoms with Crippen LogP contribution in [0, 0.1) is 0 Å². The van der Waals surface area contributed by atoms with Gasteiger partial charge in [-0.1, -0.05) is 53.0 Å². The maximum atomic E-state index is 12.8. The van der Waals surface area contributed by atoms with Gasteiger partial charge in [-0.25, -0.2) is 0 Å². The third-order valence-electron chi connectivity index (χ3n) is 5.10. The molecule has 0 aliphatic carbocycles. The van der Waals surface area contributed by atoms with Crippen molar-refractivity contribution in [2.24, 2.45) is 0 Å². The fourth-order valence-electron chi connectivity index (χ4n) is 3.60. The first kappa shape index (κ1) is 21.3. The van der Waals surface area contributed by atoms with Gasteiger partial charge in [0.25, 0.3) is 0 Å². The van der Waals surface area contributed by atoms with Crippen LogP contribution in [0.3, 0.4) is 0 Å². The van der Waals surface area contributed by atoms with Crippen molar-refractivity contribution >= 4 is 63.8 Å². The zero-order valence-electron chi connectivity index (χ0n) is 16.0. The Morgan fingerprint density at radius 1 is 1.00 bits per heavy atom. The summed E-state index contributed by atoms with van der Waals surface area (Å²) >= 11 is 20.3. The molecule has 4 rings (SSSR count). The molecule has 1 fully saturated rings. The highest BCUT2D eigenvalue weighted by atomic mass is 35.5. The van der Waals surface area contributed by atoms with Gasteiger partial charge < -0.3 is 9.80 Å². The smallest absolute Gasteiger partial charge is 0.246 e. The van der Waals surface area contributed by atoms with E-state index in [1.165, 1.54) is 0 Å². The fourth-order valence-corrected chi connectivity index (χ4v) is 4.86. The molecule has 0 bridgehead atoms. The van der Waals surface area contributed by atoms with E-state index in [1.54, 1.807) is 23.5 Å². The van der Waals surface area contributed by atoms with Crippen LogP contribution in [0.25, 0.3) is 6.08 Å². The maximum absolute atomic E-state index is 12.8. The van der Waals surface area contributed by atoms with Crippen molar-refractivity contribution in [3.8, 4) is 0 Å². The molecular weight excluding hydrogens is 459 g/mol. The van der Waals surface area contributed by atoms with Gasteiger partial charge >= 0.3 is 0 Å². The monoisotopic (exact) mass is 476 g/mol. The minimum Gasteiger partial charge on any atom is -0.360 e. The Bertz CT molecular complexity index is 1050. The number of benzene rings is 2. The molecule has 1 atom stereocenters. The normalized spacial score (nSPS) is 17.0. The van der Waals surface area contributed by atoms with Crippen LogP contribution in [0.2, 0.25) is 15.1 Å². The SMILES string of the molecule is O=C(/C=C/c1cccs1)N1CCN(c2ccc(Cl)cc2Cl)C(c2ccc(Cl)cc2)C1. The van der Waals surface area contributed by atoms with Crippen LogP contribution in [0.4, 0.5) is 5.69 Å². The zero-order valence-corrected chi connectivity index (χ0v) is 19.1. The van der Waals surface area contributed by atoms with Gasteiger partial charge in [0.15, 0.2) is 0 Å². The molecule has 1 aliphatic rings. The molecule has 7 heteroatoms. The summed E-state index contributed by atoms with van der Waals surface area (Å²) in [5, 5.41) is 3.87. The third kappa shape index (κ3) is 4.84. The van der Waals surface area contributed by atoms with Crippen molar-refractivity contribution in [1.29, 1.82) is 0 Å². The average Bonchev–Trinajstić information content (AvgIpc) is 3.26. The lowest BCUT2D eigenvalue weighted by atomic mass is 10.0. The molecule has 2 heterocycles. The number of hydrogen-bond donors (Lipinski definition) is 0. The van der Waals surface area contributed by atoms with E-state index in [9.17, 15) is 4.79 Å². The maximum Gasteiger partial charge on any atom is 0.246 e. The summed E-state index contributed by atoms with van der Waals surface area (Å²) in [5.41, 5.74) is 1.98. The van der Waals surface area contributed by atoms with Crippen LogP contribution in [-0.2, 0) is 4.79 Å². The van der Waals surface area contributed by atoms with Crippen LogP contribution < -0.4 is 4.90 Å². The number of rotatable bonds is 4. The van der Waals surface area contributed by atoms with Gasteiger partial charge in [-0.15, -0.1) is 11.3 Å². The number of nitrogens with zero attached hydrogens (tertiary/aromatic N) is 2. The van der Waals surface area contributed by atoms with Gasteiger partial charge in [0, 0.05) is 40.6 Å². The minimum absolute atomic E-state index is 0.00390. The summed E-state index contributed by atoms with van der Waals surface area (Å²) in [6.45, 7) is 1.82. The van der Waals surface area contributed by atoms with Crippen LogP contribution in [0.1, 0.15) is 16.5 Å². The van der Waals surface area contributed by atoms with E-state index in [-0.39, 0.29) is 11.9 Å². The van der Waals surface area contributed by atoms with Crippen LogP contribution in [0.15, 0.2) is 66.1 Å². The highest BCUT2D eigenvalue weighted by Gasteiger charge is 2.31. The molecule has 30 heavy (non-hydrogen) atoms. The lowest BCUT2D eigenvalue weighted by molar-refractivity contribution is -0.126. The Morgan fingerprint density at radius 2 is 1.77 bits per heavy atom.